The van der Waals surface area contributed by atoms with E-state index in [4.69, 9.17) is 11.8 Å². The average molecular weight is 204 g/mol. The van der Waals surface area contributed by atoms with Crippen molar-refractivity contribution >= 4 is 11.8 Å². The van der Waals surface area contributed by atoms with Crippen molar-refractivity contribution in [2.75, 3.05) is 13.1 Å². The summed E-state index contributed by atoms with van der Waals surface area (Å²) in [7, 11) is 0. The maximum Gasteiger partial charge on any atom is 0.0193 e. The van der Waals surface area contributed by atoms with Crippen molar-refractivity contribution in [2.45, 2.75) is 34.1 Å². The van der Waals surface area contributed by atoms with E-state index in [0.29, 0.717) is 5.92 Å². The summed E-state index contributed by atoms with van der Waals surface area (Å²) in [5.41, 5.74) is 0.235. The molecule has 0 aromatic rings. The highest BCUT2D eigenvalue weighted by molar-refractivity contribution is 6.13. The van der Waals surface area contributed by atoms with E-state index in [-0.39, 0.29) is 5.41 Å². The van der Waals surface area contributed by atoms with E-state index in [0.717, 1.165) is 19.5 Å². The van der Waals surface area contributed by atoms with Crippen molar-refractivity contribution in [3.05, 3.63) is 12.7 Å². The Hall–Kier alpha value is -0.0100. The molecular weight excluding hydrogens is 182 g/mol. The van der Waals surface area contributed by atoms with Crippen LogP contribution in [0.15, 0.2) is 12.7 Å². The lowest BCUT2D eigenvalue weighted by Gasteiger charge is -2.28. The van der Waals surface area contributed by atoms with Crippen molar-refractivity contribution in [3.8, 4) is 0 Å². The molecule has 0 rings (SSSR count). The van der Waals surface area contributed by atoms with Gasteiger partial charge in [-0.25, -0.2) is 4.42 Å². The van der Waals surface area contributed by atoms with E-state index in [9.17, 15) is 0 Å². The maximum atomic E-state index is 6.10. The smallest absolute Gasteiger partial charge is 0.0193 e. The van der Waals surface area contributed by atoms with Gasteiger partial charge in [0.1, 0.15) is 0 Å². The first-order valence-corrected chi connectivity index (χ1v) is 5.23. The molecule has 0 radical (unpaired) electrons. The molecule has 0 atom stereocenters. The monoisotopic (exact) mass is 203 g/mol. The van der Waals surface area contributed by atoms with E-state index >= 15 is 0 Å². The zero-order valence-electron chi connectivity index (χ0n) is 9.31. The minimum absolute atomic E-state index is 0.235. The van der Waals surface area contributed by atoms with Crippen LogP contribution in [0.5, 0.6) is 0 Å². The first-order chi connectivity index (χ1) is 5.87. The number of hydrogen-bond donors (Lipinski definition) is 0. The molecular formula is C11H22ClN. The normalized spacial score (nSPS) is 12.5. The Morgan fingerprint density at radius 1 is 1.46 bits per heavy atom. The van der Waals surface area contributed by atoms with E-state index in [1.807, 2.05) is 10.5 Å². The molecule has 1 nitrogen and oxygen atoms in total. The Kier molecular flexibility index (Phi) is 5.66. The second-order valence-electron chi connectivity index (χ2n) is 4.85. The molecule has 0 unspecified atom stereocenters. The third-order valence-electron chi connectivity index (χ3n) is 1.86. The number of halogens is 1. The van der Waals surface area contributed by atoms with Gasteiger partial charge in [-0.05, 0) is 29.5 Å². The van der Waals surface area contributed by atoms with Crippen molar-refractivity contribution in [1.82, 2.24) is 4.42 Å². The maximum absolute atomic E-state index is 6.10. The topological polar surface area (TPSA) is 3.24 Å². The van der Waals surface area contributed by atoms with Crippen LogP contribution >= 0.6 is 11.8 Å². The van der Waals surface area contributed by atoms with E-state index in [1.54, 1.807) is 0 Å². The molecule has 0 bridgehead atoms. The van der Waals surface area contributed by atoms with Crippen LogP contribution in [0, 0.1) is 11.3 Å². The van der Waals surface area contributed by atoms with Crippen LogP contribution in [0.4, 0.5) is 0 Å². The Bertz CT molecular complexity index is 152. The zero-order valence-corrected chi connectivity index (χ0v) is 10.1. The predicted octanol–water partition coefficient (Wildman–Crippen LogP) is 3.70. The van der Waals surface area contributed by atoms with Gasteiger partial charge in [0.15, 0.2) is 0 Å². The minimum atomic E-state index is 0.235. The highest BCUT2D eigenvalue weighted by Gasteiger charge is 2.19. The molecule has 0 aromatic heterocycles. The molecule has 2 heteroatoms. The van der Waals surface area contributed by atoms with Crippen molar-refractivity contribution in [1.29, 1.82) is 0 Å². The number of nitrogens with zero attached hydrogens (tertiary/aromatic N) is 1. The highest BCUT2D eigenvalue weighted by Crippen LogP contribution is 2.23. The van der Waals surface area contributed by atoms with Gasteiger partial charge in [0.25, 0.3) is 0 Å². The molecule has 13 heavy (non-hydrogen) atoms. The molecule has 0 saturated heterocycles. The standard InChI is InChI=1S/C11H22ClN/c1-6-7-11(4,5)9-13(12)8-10(2)3/h6,10H,1,7-9H2,2-5H3. The third kappa shape index (κ3) is 7.09. The molecule has 0 aliphatic carbocycles. The third-order valence-corrected chi connectivity index (χ3v) is 2.12. The Balaban J connectivity index is 3.88. The minimum Gasteiger partial charge on any atom is -0.219 e. The summed E-state index contributed by atoms with van der Waals surface area (Å²) in [6, 6.07) is 0. The molecule has 0 saturated carbocycles. The lowest BCUT2D eigenvalue weighted by molar-refractivity contribution is 0.254. The quantitative estimate of drug-likeness (QED) is 0.470. The summed E-state index contributed by atoms with van der Waals surface area (Å²) in [6.45, 7) is 14.4. The van der Waals surface area contributed by atoms with Gasteiger partial charge in [0, 0.05) is 13.1 Å². The first-order valence-electron chi connectivity index (χ1n) is 4.89. The summed E-state index contributed by atoms with van der Waals surface area (Å²) in [5.74, 6) is 0.622. The van der Waals surface area contributed by atoms with Crippen LogP contribution in [-0.2, 0) is 0 Å². The van der Waals surface area contributed by atoms with Gasteiger partial charge in [-0.1, -0.05) is 33.8 Å². The van der Waals surface area contributed by atoms with Gasteiger partial charge in [0.05, 0.1) is 0 Å². The molecule has 0 aliphatic heterocycles. The van der Waals surface area contributed by atoms with E-state index < -0.39 is 0 Å². The second-order valence-corrected chi connectivity index (χ2v) is 5.33. The summed E-state index contributed by atoms with van der Waals surface area (Å²) in [4.78, 5) is 0. The van der Waals surface area contributed by atoms with Crippen LogP contribution in [0.1, 0.15) is 34.1 Å². The van der Waals surface area contributed by atoms with E-state index in [2.05, 4.69) is 34.3 Å². The Morgan fingerprint density at radius 3 is 2.38 bits per heavy atom. The lowest BCUT2D eigenvalue weighted by Crippen LogP contribution is -2.29. The van der Waals surface area contributed by atoms with Crippen LogP contribution in [0.3, 0.4) is 0 Å². The van der Waals surface area contributed by atoms with Gasteiger partial charge in [-0.3, -0.25) is 0 Å². The average Bonchev–Trinajstić information content (AvgIpc) is 1.81. The van der Waals surface area contributed by atoms with Gasteiger partial charge in [-0.15, -0.1) is 6.58 Å². The first kappa shape index (κ1) is 13.0. The fourth-order valence-corrected chi connectivity index (χ4v) is 1.98. The van der Waals surface area contributed by atoms with Crippen LogP contribution in [0.25, 0.3) is 0 Å². The number of hydrogen-bond acceptors (Lipinski definition) is 1. The van der Waals surface area contributed by atoms with Crippen molar-refractivity contribution < 1.29 is 0 Å². The fraction of sp³-hybridized carbons (Fsp3) is 0.818. The van der Waals surface area contributed by atoms with Crippen LogP contribution in [0.2, 0.25) is 0 Å². The lowest BCUT2D eigenvalue weighted by atomic mass is 9.89. The molecule has 0 N–H and O–H groups in total. The van der Waals surface area contributed by atoms with Gasteiger partial charge >= 0.3 is 0 Å². The SMILES string of the molecule is C=CCC(C)(C)CN(Cl)CC(C)C. The molecule has 0 aliphatic rings. The molecule has 0 spiro atoms. The van der Waals surface area contributed by atoms with Gasteiger partial charge in [0.2, 0.25) is 0 Å². The van der Waals surface area contributed by atoms with Crippen molar-refractivity contribution in [3.63, 3.8) is 0 Å². The Labute approximate surface area is 87.9 Å². The highest BCUT2D eigenvalue weighted by atomic mass is 35.5. The van der Waals surface area contributed by atoms with E-state index in [1.165, 1.54) is 0 Å². The van der Waals surface area contributed by atoms with Gasteiger partial charge in [-0.2, -0.15) is 0 Å². The summed E-state index contributed by atoms with van der Waals surface area (Å²) < 4.78 is 1.88. The number of rotatable bonds is 6. The molecule has 0 fully saturated rings. The molecule has 0 amide bonds. The Morgan fingerprint density at radius 2 is 2.00 bits per heavy atom. The van der Waals surface area contributed by atoms with Crippen molar-refractivity contribution in [2.24, 2.45) is 11.3 Å². The predicted molar refractivity (Wildman–Crippen MR) is 60.9 cm³/mol. The van der Waals surface area contributed by atoms with Crippen LogP contribution < -0.4 is 0 Å². The molecule has 78 valence electrons. The summed E-state index contributed by atoms with van der Waals surface area (Å²) in [5, 5.41) is 0. The summed E-state index contributed by atoms with van der Waals surface area (Å²) in [6.07, 6.45) is 2.97. The summed E-state index contributed by atoms with van der Waals surface area (Å²) >= 11 is 6.10. The van der Waals surface area contributed by atoms with Crippen LogP contribution in [-0.4, -0.2) is 17.5 Å². The second kappa shape index (κ2) is 5.66. The zero-order chi connectivity index (χ0) is 10.5. The number of allylic oxidation sites excluding steroid dienone is 1. The largest absolute Gasteiger partial charge is 0.219 e. The fourth-order valence-electron chi connectivity index (χ4n) is 1.38. The molecule has 0 heterocycles. The molecule has 0 aromatic carbocycles. The van der Waals surface area contributed by atoms with Gasteiger partial charge < -0.3 is 0 Å².